The van der Waals surface area contributed by atoms with E-state index in [2.05, 4.69) is 5.10 Å². The van der Waals surface area contributed by atoms with Gasteiger partial charge in [0.2, 0.25) is 0 Å². The van der Waals surface area contributed by atoms with Gasteiger partial charge in [-0.1, -0.05) is 12.1 Å². The van der Waals surface area contributed by atoms with E-state index in [9.17, 15) is 9.90 Å². The van der Waals surface area contributed by atoms with Crippen LogP contribution in [0.25, 0.3) is 0 Å². The van der Waals surface area contributed by atoms with E-state index >= 15 is 0 Å². The van der Waals surface area contributed by atoms with Crippen LogP contribution in [0.5, 0.6) is 5.75 Å². The Balaban J connectivity index is 1.79. The first-order valence-corrected chi connectivity index (χ1v) is 7.67. The van der Waals surface area contributed by atoms with E-state index in [1.54, 1.807) is 29.1 Å². The number of hydrogen-bond donors (Lipinski definition) is 1. The third kappa shape index (κ3) is 3.13. The molecule has 3 rings (SSSR count). The number of phenols is 1. The molecule has 0 bridgehead atoms. The summed E-state index contributed by atoms with van der Waals surface area (Å²) >= 11 is 0. The summed E-state index contributed by atoms with van der Waals surface area (Å²) in [4.78, 5) is 14.6. The van der Waals surface area contributed by atoms with Crippen LogP contribution in [0.2, 0.25) is 0 Å². The third-order valence-electron chi connectivity index (χ3n) is 3.89. The predicted molar refractivity (Wildman–Crippen MR) is 83.6 cm³/mol. The van der Waals surface area contributed by atoms with Crippen LogP contribution >= 0.6 is 0 Å². The maximum absolute atomic E-state index is 12.8. The summed E-state index contributed by atoms with van der Waals surface area (Å²) < 4.78 is 1.80. The number of amides is 1. The molecule has 1 aromatic carbocycles. The zero-order chi connectivity index (χ0) is 15.7. The van der Waals surface area contributed by atoms with Gasteiger partial charge in [0.15, 0.2) is 0 Å². The summed E-state index contributed by atoms with van der Waals surface area (Å²) in [6, 6.07) is 7.62. The van der Waals surface area contributed by atoms with Crippen molar-refractivity contribution in [2.45, 2.75) is 45.3 Å². The highest BCUT2D eigenvalue weighted by Crippen LogP contribution is 2.30. The molecule has 0 atom stereocenters. The second-order valence-corrected chi connectivity index (χ2v) is 6.14. The van der Waals surface area contributed by atoms with Gasteiger partial charge in [-0.15, -0.1) is 0 Å². The average molecular weight is 299 g/mol. The van der Waals surface area contributed by atoms with Crippen LogP contribution in [0.1, 0.15) is 48.7 Å². The van der Waals surface area contributed by atoms with Crippen LogP contribution < -0.4 is 0 Å². The predicted octanol–water partition coefficient (Wildman–Crippen LogP) is 2.97. The fourth-order valence-electron chi connectivity index (χ4n) is 2.50. The van der Waals surface area contributed by atoms with Gasteiger partial charge in [0.05, 0.1) is 11.8 Å². The maximum atomic E-state index is 12.8. The van der Waals surface area contributed by atoms with Crippen molar-refractivity contribution < 1.29 is 9.90 Å². The van der Waals surface area contributed by atoms with Gasteiger partial charge in [-0.05, 0) is 44.4 Å². The fraction of sp³-hybridized carbons (Fsp3) is 0.412. The topological polar surface area (TPSA) is 58.4 Å². The molecule has 1 aliphatic rings. The molecule has 0 spiro atoms. The zero-order valence-electron chi connectivity index (χ0n) is 12.9. The highest BCUT2D eigenvalue weighted by molar-refractivity contribution is 5.94. The highest BCUT2D eigenvalue weighted by Gasteiger charge is 2.33. The van der Waals surface area contributed by atoms with E-state index in [0.29, 0.717) is 18.2 Å². The Hall–Kier alpha value is -2.30. The first kappa shape index (κ1) is 14.6. The Bertz CT molecular complexity index is 674. The van der Waals surface area contributed by atoms with Gasteiger partial charge < -0.3 is 10.0 Å². The van der Waals surface area contributed by atoms with Gasteiger partial charge in [0.1, 0.15) is 5.75 Å². The number of aromatic nitrogens is 2. The number of benzene rings is 1. The molecule has 1 aliphatic carbocycles. The molecule has 116 valence electrons. The van der Waals surface area contributed by atoms with Gasteiger partial charge in [0.25, 0.3) is 5.91 Å². The van der Waals surface area contributed by atoms with Gasteiger partial charge in [-0.2, -0.15) is 5.10 Å². The molecule has 1 N–H and O–H groups in total. The number of rotatable bonds is 5. The van der Waals surface area contributed by atoms with Gasteiger partial charge in [-0.3, -0.25) is 9.48 Å². The fourth-order valence-corrected chi connectivity index (χ4v) is 2.50. The maximum Gasteiger partial charge on any atom is 0.257 e. The number of aromatic hydroxyl groups is 1. The van der Waals surface area contributed by atoms with Crippen molar-refractivity contribution in [2.75, 3.05) is 0 Å². The van der Waals surface area contributed by atoms with Gasteiger partial charge in [-0.25, -0.2) is 0 Å². The lowest BCUT2D eigenvalue weighted by Gasteiger charge is -2.22. The van der Waals surface area contributed by atoms with Crippen molar-refractivity contribution in [3.05, 3.63) is 47.8 Å². The Kier molecular flexibility index (Phi) is 3.88. The molecule has 22 heavy (non-hydrogen) atoms. The Labute approximate surface area is 130 Å². The first-order chi connectivity index (χ1) is 10.5. The Morgan fingerprint density at radius 1 is 1.45 bits per heavy atom. The first-order valence-electron chi connectivity index (χ1n) is 7.67. The van der Waals surface area contributed by atoms with Crippen LogP contribution in [0.15, 0.2) is 36.7 Å². The van der Waals surface area contributed by atoms with E-state index in [4.69, 9.17) is 0 Å². The summed E-state index contributed by atoms with van der Waals surface area (Å²) in [7, 11) is 0. The average Bonchev–Trinajstić information content (AvgIpc) is 3.19. The molecular weight excluding hydrogens is 278 g/mol. The van der Waals surface area contributed by atoms with Crippen molar-refractivity contribution in [1.29, 1.82) is 0 Å². The summed E-state index contributed by atoms with van der Waals surface area (Å²) in [5, 5.41) is 13.8. The summed E-state index contributed by atoms with van der Waals surface area (Å²) in [5.41, 5.74) is 1.57. The van der Waals surface area contributed by atoms with Crippen molar-refractivity contribution in [3.63, 3.8) is 0 Å². The van der Waals surface area contributed by atoms with Crippen LogP contribution in [0.3, 0.4) is 0 Å². The standard InChI is InChI=1S/C17H21N3O2/c1-12(2)20-11-14(9-18-20)17(22)19(15-6-7-15)10-13-4-3-5-16(21)8-13/h3-5,8-9,11-12,15,21H,6-7,10H2,1-2H3. The lowest BCUT2D eigenvalue weighted by atomic mass is 10.2. The molecule has 0 saturated heterocycles. The number of carbonyl (C=O) groups excluding carboxylic acids is 1. The van der Waals surface area contributed by atoms with Crippen molar-refractivity contribution in [1.82, 2.24) is 14.7 Å². The van der Waals surface area contributed by atoms with Crippen LogP contribution in [-0.2, 0) is 6.54 Å². The van der Waals surface area contributed by atoms with E-state index in [0.717, 1.165) is 18.4 Å². The molecule has 5 heteroatoms. The Morgan fingerprint density at radius 2 is 2.23 bits per heavy atom. The molecule has 1 aromatic heterocycles. The number of hydrogen-bond acceptors (Lipinski definition) is 3. The molecule has 0 radical (unpaired) electrons. The molecular formula is C17H21N3O2. The summed E-state index contributed by atoms with van der Waals surface area (Å²) in [5.74, 6) is 0.242. The molecule has 1 saturated carbocycles. The Morgan fingerprint density at radius 3 is 2.82 bits per heavy atom. The second-order valence-electron chi connectivity index (χ2n) is 6.14. The van der Waals surface area contributed by atoms with Crippen LogP contribution in [0, 0.1) is 0 Å². The minimum Gasteiger partial charge on any atom is -0.508 e. The number of phenolic OH excluding ortho intramolecular Hbond substituents is 1. The van der Waals surface area contributed by atoms with E-state index in [1.807, 2.05) is 31.0 Å². The molecule has 1 amide bonds. The summed E-state index contributed by atoms with van der Waals surface area (Å²) in [6.45, 7) is 4.59. The van der Waals surface area contributed by atoms with Crippen LogP contribution in [0.4, 0.5) is 0 Å². The van der Waals surface area contributed by atoms with Crippen molar-refractivity contribution in [2.24, 2.45) is 0 Å². The highest BCUT2D eigenvalue weighted by atomic mass is 16.3. The minimum atomic E-state index is 0.0118. The van der Waals surface area contributed by atoms with Crippen molar-refractivity contribution in [3.8, 4) is 5.75 Å². The van der Waals surface area contributed by atoms with E-state index < -0.39 is 0 Å². The largest absolute Gasteiger partial charge is 0.508 e. The smallest absolute Gasteiger partial charge is 0.257 e. The number of carbonyl (C=O) groups is 1. The molecule has 1 fully saturated rings. The minimum absolute atomic E-state index is 0.0118. The molecule has 5 nitrogen and oxygen atoms in total. The molecule has 0 unspecified atom stereocenters. The third-order valence-corrected chi connectivity index (χ3v) is 3.89. The summed E-state index contributed by atoms with van der Waals surface area (Å²) in [6.07, 6.45) is 5.54. The van der Waals surface area contributed by atoms with E-state index in [-0.39, 0.29) is 17.7 Å². The lowest BCUT2D eigenvalue weighted by Crippen LogP contribution is -2.32. The van der Waals surface area contributed by atoms with Crippen LogP contribution in [-0.4, -0.2) is 31.7 Å². The van der Waals surface area contributed by atoms with Gasteiger partial charge in [0, 0.05) is 24.8 Å². The second kappa shape index (κ2) is 5.83. The molecule has 0 aliphatic heterocycles. The van der Waals surface area contributed by atoms with Crippen molar-refractivity contribution >= 4 is 5.91 Å². The van der Waals surface area contributed by atoms with E-state index in [1.165, 1.54) is 0 Å². The number of nitrogens with zero attached hydrogens (tertiary/aromatic N) is 3. The quantitative estimate of drug-likeness (QED) is 0.923. The normalized spacial score (nSPS) is 14.3. The SMILES string of the molecule is CC(C)n1cc(C(=O)N(Cc2cccc(O)c2)C2CC2)cn1. The molecule has 1 heterocycles. The monoisotopic (exact) mass is 299 g/mol. The van der Waals surface area contributed by atoms with Gasteiger partial charge >= 0.3 is 0 Å². The lowest BCUT2D eigenvalue weighted by molar-refractivity contribution is 0.0729. The zero-order valence-corrected chi connectivity index (χ0v) is 12.9. The molecule has 2 aromatic rings.